The highest BCUT2D eigenvalue weighted by atomic mass is 16.7. The Morgan fingerprint density at radius 1 is 0.362 bits per heavy atom. The van der Waals surface area contributed by atoms with E-state index < -0.39 is 18.4 Å². The number of quaternary nitrogens is 1. The highest BCUT2D eigenvalue weighted by Crippen LogP contribution is 2.19. The fourth-order valence-corrected chi connectivity index (χ4v) is 10.5. The van der Waals surface area contributed by atoms with Crippen LogP contribution in [0.5, 0.6) is 0 Å². The number of hydrogen-bond acceptors (Lipinski definition) is 7. The Balaban J connectivity index is 3.93. The van der Waals surface area contributed by atoms with Crippen molar-refractivity contribution in [1.29, 1.82) is 0 Å². The predicted octanol–water partition coefficient (Wildman–Crippen LogP) is 21.4. The van der Waals surface area contributed by atoms with Crippen molar-refractivity contribution in [1.82, 2.24) is 0 Å². The zero-order valence-corrected chi connectivity index (χ0v) is 54.0. The topological polar surface area (TPSA) is 108 Å². The molecule has 0 rings (SSSR count). The van der Waals surface area contributed by atoms with Gasteiger partial charge in [-0.3, -0.25) is 9.59 Å². The monoisotopic (exact) mass is 1130 g/mol. The third kappa shape index (κ3) is 63.4. The number of carboxylic acid groups (broad SMARTS) is 1. The number of hydrogen-bond donors (Lipinski definition) is 1. The number of aliphatic carboxylic acids is 1. The van der Waals surface area contributed by atoms with Gasteiger partial charge >= 0.3 is 17.9 Å². The highest BCUT2D eigenvalue weighted by Gasteiger charge is 2.25. The summed E-state index contributed by atoms with van der Waals surface area (Å²) in [5.41, 5.74) is 0. The Labute approximate surface area is 497 Å². The van der Waals surface area contributed by atoms with Crippen molar-refractivity contribution >= 4 is 17.9 Å². The molecular weight excluding hydrogens is 995 g/mol. The van der Waals surface area contributed by atoms with E-state index in [0.29, 0.717) is 17.4 Å². The smallest absolute Gasteiger partial charge is 0.361 e. The Morgan fingerprint density at radius 2 is 0.637 bits per heavy atom. The highest BCUT2D eigenvalue weighted by molar-refractivity contribution is 5.71. The van der Waals surface area contributed by atoms with Crippen LogP contribution in [0.3, 0.4) is 0 Å². The number of nitrogens with zero attached hydrogens (tertiary/aromatic N) is 1. The summed E-state index contributed by atoms with van der Waals surface area (Å²) in [6.07, 6.45) is 74.6. The molecule has 0 saturated heterocycles. The van der Waals surface area contributed by atoms with Gasteiger partial charge in [-0.15, -0.1) is 0 Å². The molecular formula is C71H136NO8+. The molecule has 0 radical (unpaired) electrons. The summed E-state index contributed by atoms with van der Waals surface area (Å²) in [7, 11) is 5.98. The molecule has 0 fully saturated rings. The molecule has 9 heteroatoms. The lowest BCUT2D eigenvalue weighted by Gasteiger charge is -2.25. The van der Waals surface area contributed by atoms with E-state index in [1.807, 2.05) is 21.1 Å². The number of ether oxygens (including phenoxy) is 4. The molecule has 1 N–H and O–H groups in total. The fraction of sp³-hybridized carbons (Fsp3) is 0.901. The van der Waals surface area contributed by atoms with Crippen LogP contribution in [0.15, 0.2) is 24.3 Å². The minimum absolute atomic E-state index is 0.181. The van der Waals surface area contributed by atoms with Gasteiger partial charge in [-0.2, -0.15) is 0 Å². The van der Waals surface area contributed by atoms with E-state index in [9.17, 15) is 19.5 Å². The van der Waals surface area contributed by atoms with Crippen LogP contribution in [-0.4, -0.2) is 87.4 Å². The van der Waals surface area contributed by atoms with Gasteiger partial charge in [0, 0.05) is 12.8 Å². The zero-order valence-electron chi connectivity index (χ0n) is 54.0. The van der Waals surface area contributed by atoms with Gasteiger partial charge in [0.15, 0.2) is 6.10 Å². The van der Waals surface area contributed by atoms with Gasteiger partial charge in [0.2, 0.25) is 0 Å². The maximum atomic E-state index is 12.9. The van der Waals surface area contributed by atoms with Crippen LogP contribution in [0.2, 0.25) is 0 Å². The van der Waals surface area contributed by atoms with Gasteiger partial charge in [-0.05, 0) is 64.2 Å². The summed E-state index contributed by atoms with van der Waals surface area (Å²) in [4.78, 5) is 37.5. The van der Waals surface area contributed by atoms with Crippen molar-refractivity contribution in [2.24, 2.45) is 0 Å². The molecule has 80 heavy (non-hydrogen) atoms. The standard InChI is InChI=1S/C71H135NO8/c1-6-8-10-12-14-16-18-20-22-24-25-26-27-28-29-30-31-32-33-34-35-36-37-38-39-40-41-42-43-44-45-46-48-50-52-54-56-58-60-62-69(74)80-67(66-79-71(70(75)76)77-64-63-72(3,4)5)65-78-68(73)61-59-57-55-53-51-49-47-23-21-19-17-15-13-11-9-7-2/h23-25,47,67,71H,6-22,26-46,48-66H2,1-5H3/p+1/b25-24-,47-23-. The molecule has 0 aromatic carbocycles. The van der Waals surface area contributed by atoms with Gasteiger partial charge in [0.05, 0.1) is 34.4 Å². The first kappa shape index (κ1) is 77.8. The number of carboxylic acids is 1. The summed E-state index contributed by atoms with van der Waals surface area (Å²) in [6.45, 7) is 4.92. The average Bonchev–Trinajstić information content (AvgIpc) is 3.43. The number of allylic oxidation sites excluding steroid dienone is 4. The predicted molar refractivity (Wildman–Crippen MR) is 341 cm³/mol. The van der Waals surface area contributed by atoms with Gasteiger partial charge in [0.1, 0.15) is 13.2 Å². The Morgan fingerprint density at radius 3 is 0.925 bits per heavy atom. The maximum absolute atomic E-state index is 12.9. The zero-order chi connectivity index (χ0) is 58.3. The molecule has 2 atom stereocenters. The van der Waals surface area contributed by atoms with Crippen LogP contribution >= 0.6 is 0 Å². The molecule has 0 aliphatic rings. The molecule has 472 valence electrons. The quantitative estimate of drug-likeness (QED) is 0.0211. The second-order valence-corrected chi connectivity index (χ2v) is 25.2. The number of likely N-dealkylation sites (N-methyl/N-ethyl adjacent to an activating group) is 1. The lowest BCUT2D eigenvalue weighted by Crippen LogP contribution is -2.40. The van der Waals surface area contributed by atoms with Crippen LogP contribution < -0.4 is 0 Å². The normalized spacial score (nSPS) is 12.8. The van der Waals surface area contributed by atoms with Crippen molar-refractivity contribution in [3.05, 3.63) is 24.3 Å². The first-order valence-corrected chi connectivity index (χ1v) is 35.0. The SMILES string of the molecule is CCCCCCCCC/C=C\CCCCCCCC(=O)OCC(COC(OCC[N+](C)(C)C)C(=O)O)OC(=O)CCCCCCCCCCCCCCCCCCCCCCCCCCCCC/C=C\CCCCCCCCCC. The molecule has 0 aliphatic heterocycles. The Bertz CT molecular complexity index is 1360. The van der Waals surface area contributed by atoms with Gasteiger partial charge in [0.25, 0.3) is 6.29 Å². The minimum Gasteiger partial charge on any atom is -0.477 e. The van der Waals surface area contributed by atoms with E-state index in [4.69, 9.17) is 18.9 Å². The van der Waals surface area contributed by atoms with E-state index in [0.717, 1.165) is 51.4 Å². The molecule has 0 bridgehead atoms. The molecule has 9 nitrogen and oxygen atoms in total. The summed E-state index contributed by atoms with van der Waals surface area (Å²) in [5.74, 6) is -1.99. The number of unbranched alkanes of at least 4 members (excludes halogenated alkanes) is 47. The van der Waals surface area contributed by atoms with Crippen LogP contribution in [0.1, 0.15) is 354 Å². The molecule has 0 aromatic rings. The van der Waals surface area contributed by atoms with E-state index in [-0.39, 0.29) is 38.2 Å². The van der Waals surface area contributed by atoms with E-state index in [1.54, 1.807) is 0 Å². The van der Waals surface area contributed by atoms with Crippen LogP contribution in [0.4, 0.5) is 0 Å². The molecule has 0 spiro atoms. The van der Waals surface area contributed by atoms with Crippen LogP contribution in [-0.2, 0) is 33.3 Å². The largest absolute Gasteiger partial charge is 0.477 e. The second kappa shape index (κ2) is 62.8. The van der Waals surface area contributed by atoms with Crippen LogP contribution in [0.25, 0.3) is 0 Å². The average molecular weight is 1130 g/mol. The summed E-state index contributed by atoms with van der Waals surface area (Å²) in [5, 5.41) is 9.72. The molecule has 0 aliphatic carbocycles. The first-order valence-electron chi connectivity index (χ1n) is 35.0. The summed E-state index contributed by atoms with van der Waals surface area (Å²) >= 11 is 0. The molecule has 0 aromatic heterocycles. The third-order valence-electron chi connectivity index (χ3n) is 15.9. The molecule has 0 heterocycles. The van der Waals surface area contributed by atoms with Crippen molar-refractivity contribution in [2.45, 2.75) is 367 Å². The minimum atomic E-state index is -1.51. The number of carbonyl (C=O) groups is 3. The fourth-order valence-electron chi connectivity index (χ4n) is 10.5. The van der Waals surface area contributed by atoms with E-state index >= 15 is 0 Å². The second-order valence-electron chi connectivity index (χ2n) is 25.2. The van der Waals surface area contributed by atoms with Crippen LogP contribution in [0, 0.1) is 0 Å². The van der Waals surface area contributed by atoms with Gasteiger partial charge in [-0.25, -0.2) is 4.79 Å². The van der Waals surface area contributed by atoms with E-state index in [2.05, 4.69) is 38.2 Å². The third-order valence-corrected chi connectivity index (χ3v) is 15.9. The summed E-state index contributed by atoms with van der Waals surface area (Å²) < 4.78 is 22.9. The number of esters is 2. The Hall–Kier alpha value is -2.23. The van der Waals surface area contributed by atoms with Gasteiger partial charge < -0.3 is 28.5 Å². The first-order chi connectivity index (χ1) is 39.1. The van der Waals surface area contributed by atoms with Crippen molar-refractivity contribution in [3.63, 3.8) is 0 Å². The van der Waals surface area contributed by atoms with Crippen molar-refractivity contribution < 1.29 is 42.9 Å². The molecule has 0 saturated carbocycles. The number of carbonyl (C=O) groups excluding carboxylic acids is 2. The lowest BCUT2D eigenvalue weighted by molar-refractivity contribution is -0.870. The molecule has 0 amide bonds. The summed E-state index contributed by atoms with van der Waals surface area (Å²) in [6, 6.07) is 0. The lowest BCUT2D eigenvalue weighted by atomic mass is 10.0. The Kier molecular flexibility index (Phi) is 61.1. The van der Waals surface area contributed by atoms with Crippen molar-refractivity contribution in [3.8, 4) is 0 Å². The van der Waals surface area contributed by atoms with Crippen molar-refractivity contribution in [2.75, 3.05) is 47.5 Å². The molecule has 2 unspecified atom stereocenters. The van der Waals surface area contributed by atoms with Gasteiger partial charge in [-0.1, -0.05) is 301 Å². The number of rotatable bonds is 66. The van der Waals surface area contributed by atoms with E-state index in [1.165, 1.54) is 276 Å². The maximum Gasteiger partial charge on any atom is 0.361 e.